The lowest BCUT2D eigenvalue weighted by molar-refractivity contribution is -0.123. The van der Waals surface area contributed by atoms with Gasteiger partial charge in [-0.25, -0.2) is 4.98 Å². The highest BCUT2D eigenvalue weighted by Gasteiger charge is 2.34. The van der Waals surface area contributed by atoms with Crippen molar-refractivity contribution in [3.05, 3.63) is 80.1 Å². The number of hydrogen-bond donors (Lipinski definition) is 3. The average Bonchev–Trinajstić information content (AvgIpc) is 2.70. The predicted octanol–water partition coefficient (Wildman–Crippen LogP) is 4.40. The molecule has 0 radical (unpaired) electrons. The zero-order valence-corrected chi connectivity index (χ0v) is 19.1. The van der Waals surface area contributed by atoms with Gasteiger partial charge < -0.3 is 15.6 Å². The number of aryl methyl sites for hydroxylation is 2. The molecule has 7 nitrogen and oxygen atoms in total. The largest absolute Gasteiger partial charge is 0.326 e. The zero-order chi connectivity index (χ0) is 22.8. The number of nitrogens with one attached hydrogen (secondary N) is 3. The van der Waals surface area contributed by atoms with Crippen LogP contribution in [0.25, 0.3) is 0 Å². The fourth-order valence-electron chi connectivity index (χ4n) is 3.70. The van der Waals surface area contributed by atoms with E-state index in [4.69, 9.17) is 11.6 Å². The summed E-state index contributed by atoms with van der Waals surface area (Å²) in [7, 11) is 0. The summed E-state index contributed by atoms with van der Waals surface area (Å²) in [5.74, 6) is -1.05. The molecule has 1 aromatic heterocycles. The molecule has 3 N–H and O–H groups in total. The average molecular weight is 469 g/mol. The number of fused-ring (bicyclic) bond motifs is 1. The number of halogens is 1. The molecular formula is C23H21ClN4O3S. The van der Waals surface area contributed by atoms with Gasteiger partial charge in [-0.05, 0) is 54.8 Å². The smallest absolute Gasteiger partial charge is 0.257 e. The summed E-state index contributed by atoms with van der Waals surface area (Å²) in [6, 6.07) is 13.1. The van der Waals surface area contributed by atoms with Gasteiger partial charge in [0.1, 0.15) is 5.82 Å². The topological polar surface area (TPSA) is 104 Å². The number of carbonyl (C=O) groups is 2. The first-order valence-corrected chi connectivity index (χ1v) is 11.4. The van der Waals surface area contributed by atoms with E-state index in [9.17, 15) is 14.4 Å². The van der Waals surface area contributed by atoms with E-state index < -0.39 is 17.4 Å². The molecule has 1 aliphatic rings. The van der Waals surface area contributed by atoms with Crippen LogP contribution in [0.1, 0.15) is 34.6 Å². The Morgan fingerprint density at radius 2 is 1.94 bits per heavy atom. The van der Waals surface area contributed by atoms with Crippen LogP contribution >= 0.6 is 23.4 Å². The molecule has 0 saturated heterocycles. The van der Waals surface area contributed by atoms with Gasteiger partial charge >= 0.3 is 0 Å². The highest BCUT2D eigenvalue weighted by molar-refractivity contribution is 7.98. The molecule has 164 valence electrons. The van der Waals surface area contributed by atoms with E-state index in [1.165, 1.54) is 11.8 Å². The van der Waals surface area contributed by atoms with Crippen LogP contribution in [0.2, 0.25) is 5.02 Å². The molecule has 0 unspecified atom stereocenters. The summed E-state index contributed by atoms with van der Waals surface area (Å²) >= 11 is 7.32. The molecule has 3 aromatic rings. The SMILES string of the molecule is Cc1cc(C)cc(NC(=O)[C@@H]2CC(=O)Nc3nc(SCc4cccc(Cl)c4)[nH]c(=O)c32)c1. The Bertz CT molecular complexity index is 1250. The predicted molar refractivity (Wildman–Crippen MR) is 126 cm³/mol. The molecule has 9 heteroatoms. The van der Waals surface area contributed by atoms with E-state index in [-0.39, 0.29) is 23.7 Å². The minimum Gasteiger partial charge on any atom is -0.326 e. The molecular weight excluding hydrogens is 448 g/mol. The van der Waals surface area contributed by atoms with E-state index in [0.717, 1.165) is 16.7 Å². The molecule has 2 heterocycles. The Kier molecular flexibility index (Phi) is 6.34. The fraction of sp³-hybridized carbons (Fsp3) is 0.217. The second kappa shape index (κ2) is 9.18. The van der Waals surface area contributed by atoms with Gasteiger partial charge in [-0.1, -0.05) is 41.6 Å². The van der Waals surface area contributed by atoms with Crippen molar-refractivity contribution in [3.63, 3.8) is 0 Å². The quantitative estimate of drug-likeness (QED) is 0.380. The summed E-state index contributed by atoms with van der Waals surface area (Å²) in [6.45, 7) is 3.87. The monoisotopic (exact) mass is 468 g/mol. The molecule has 2 amide bonds. The Labute approximate surface area is 194 Å². The first-order valence-electron chi connectivity index (χ1n) is 9.99. The number of anilines is 2. The third-order valence-corrected chi connectivity index (χ3v) is 6.18. The van der Waals surface area contributed by atoms with Gasteiger partial charge in [-0.15, -0.1) is 0 Å². The lowest BCUT2D eigenvalue weighted by Gasteiger charge is -2.23. The number of thioether (sulfide) groups is 1. The van der Waals surface area contributed by atoms with Crippen LogP contribution in [-0.2, 0) is 15.3 Å². The van der Waals surface area contributed by atoms with Crippen LogP contribution in [-0.4, -0.2) is 21.8 Å². The lowest BCUT2D eigenvalue weighted by atomic mass is 9.92. The summed E-state index contributed by atoms with van der Waals surface area (Å²) < 4.78 is 0. The van der Waals surface area contributed by atoms with Gasteiger partial charge in [0.25, 0.3) is 5.56 Å². The van der Waals surface area contributed by atoms with Crippen LogP contribution in [0.5, 0.6) is 0 Å². The number of H-pyrrole nitrogens is 1. The standard InChI is InChI=1S/C23H21ClN4O3S/c1-12-6-13(2)8-16(7-12)25-21(30)17-10-18(29)26-20-19(17)22(31)28-23(27-20)32-11-14-4-3-5-15(24)9-14/h3-9,17H,10-11H2,1-2H3,(H,25,30)(H2,26,27,28,29,31)/t17-/m1/s1. The normalized spacial score (nSPS) is 15.1. The molecule has 0 saturated carbocycles. The first-order chi connectivity index (χ1) is 15.3. The summed E-state index contributed by atoms with van der Waals surface area (Å²) in [4.78, 5) is 45.3. The number of hydrogen-bond acceptors (Lipinski definition) is 5. The summed E-state index contributed by atoms with van der Waals surface area (Å²) in [5, 5.41) is 6.44. The maximum atomic E-state index is 13.0. The van der Waals surface area contributed by atoms with Crippen molar-refractivity contribution < 1.29 is 9.59 Å². The van der Waals surface area contributed by atoms with Gasteiger partial charge in [-0.3, -0.25) is 14.4 Å². The Morgan fingerprint density at radius 3 is 2.66 bits per heavy atom. The molecule has 1 aliphatic heterocycles. The number of aromatic nitrogens is 2. The van der Waals surface area contributed by atoms with Gasteiger partial charge in [0.15, 0.2) is 5.16 Å². The van der Waals surface area contributed by atoms with E-state index >= 15 is 0 Å². The van der Waals surface area contributed by atoms with E-state index in [1.54, 1.807) is 6.07 Å². The van der Waals surface area contributed by atoms with Crippen molar-refractivity contribution in [3.8, 4) is 0 Å². The molecule has 0 aliphatic carbocycles. The van der Waals surface area contributed by atoms with Crippen LogP contribution in [0.3, 0.4) is 0 Å². The highest BCUT2D eigenvalue weighted by atomic mass is 35.5. The van der Waals surface area contributed by atoms with Crippen LogP contribution in [0.15, 0.2) is 52.4 Å². The third-order valence-electron chi connectivity index (χ3n) is 5.00. The van der Waals surface area contributed by atoms with Crippen molar-refractivity contribution in [2.75, 3.05) is 10.6 Å². The molecule has 0 spiro atoms. The van der Waals surface area contributed by atoms with E-state index in [0.29, 0.717) is 21.6 Å². The Hall–Kier alpha value is -3.10. The summed E-state index contributed by atoms with van der Waals surface area (Å²) in [5.41, 5.74) is 3.32. The Balaban J connectivity index is 1.58. The van der Waals surface area contributed by atoms with Gasteiger partial charge in [0.05, 0.1) is 11.5 Å². The van der Waals surface area contributed by atoms with Crippen molar-refractivity contribution in [2.24, 2.45) is 0 Å². The van der Waals surface area contributed by atoms with Crippen molar-refractivity contribution >= 4 is 46.7 Å². The molecule has 0 bridgehead atoms. The van der Waals surface area contributed by atoms with Crippen molar-refractivity contribution in [2.45, 2.75) is 37.1 Å². The van der Waals surface area contributed by atoms with E-state index in [2.05, 4.69) is 20.6 Å². The number of rotatable bonds is 5. The maximum Gasteiger partial charge on any atom is 0.257 e. The van der Waals surface area contributed by atoms with Gasteiger partial charge in [-0.2, -0.15) is 0 Å². The summed E-state index contributed by atoms with van der Waals surface area (Å²) in [6.07, 6.45) is -0.122. The second-order valence-electron chi connectivity index (χ2n) is 7.72. The van der Waals surface area contributed by atoms with Crippen molar-refractivity contribution in [1.29, 1.82) is 0 Å². The number of carbonyl (C=O) groups excluding carboxylic acids is 2. The fourth-order valence-corrected chi connectivity index (χ4v) is 4.71. The van der Waals surface area contributed by atoms with Crippen LogP contribution in [0.4, 0.5) is 11.5 Å². The van der Waals surface area contributed by atoms with Crippen LogP contribution < -0.4 is 16.2 Å². The van der Waals surface area contributed by atoms with Gasteiger partial charge in [0, 0.05) is 22.9 Å². The van der Waals surface area contributed by atoms with E-state index in [1.807, 2.05) is 50.2 Å². The molecule has 4 rings (SSSR count). The van der Waals surface area contributed by atoms with Gasteiger partial charge in [0.2, 0.25) is 11.8 Å². The Morgan fingerprint density at radius 1 is 1.19 bits per heavy atom. The number of aromatic amines is 1. The third kappa shape index (κ3) is 5.03. The van der Waals surface area contributed by atoms with Crippen molar-refractivity contribution in [1.82, 2.24) is 9.97 Å². The minimum atomic E-state index is -0.928. The number of amides is 2. The number of benzene rings is 2. The second-order valence-corrected chi connectivity index (χ2v) is 9.12. The maximum absolute atomic E-state index is 13.0. The van der Waals surface area contributed by atoms with Crippen LogP contribution in [0, 0.1) is 13.8 Å². The zero-order valence-electron chi connectivity index (χ0n) is 17.5. The lowest BCUT2D eigenvalue weighted by Crippen LogP contribution is -2.36. The highest BCUT2D eigenvalue weighted by Crippen LogP contribution is 2.31. The molecule has 1 atom stereocenters. The molecule has 0 fully saturated rings. The number of nitrogens with zero attached hydrogens (tertiary/aromatic N) is 1. The minimum absolute atomic E-state index is 0.122. The molecule has 2 aromatic carbocycles. The molecule has 32 heavy (non-hydrogen) atoms. The first kappa shape index (κ1) is 22.1.